The lowest BCUT2D eigenvalue weighted by atomic mass is 10.0. The molecule has 0 aliphatic heterocycles. The highest BCUT2D eigenvalue weighted by atomic mass is 79.9. The Hall–Kier alpha value is -0.570. The SMILES string of the molecule is Cc1ccc(F)cc1C(Br)Cc1ccc(Cl)c(Cl)c1. The summed E-state index contributed by atoms with van der Waals surface area (Å²) >= 11 is 15.5. The maximum atomic E-state index is 13.3. The molecule has 2 aromatic rings. The number of benzene rings is 2. The summed E-state index contributed by atoms with van der Waals surface area (Å²) < 4.78 is 13.3. The first-order valence-electron chi connectivity index (χ1n) is 5.81. The smallest absolute Gasteiger partial charge is 0.123 e. The van der Waals surface area contributed by atoms with Crippen molar-refractivity contribution in [2.75, 3.05) is 0 Å². The van der Waals surface area contributed by atoms with Gasteiger partial charge in [0.25, 0.3) is 0 Å². The zero-order valence-electron chi connectivity index (χ0n) is 10.3. The highest BCUT2D eigenvalue weighted by Gasteiger charge is 2.13. The highest BCUT2D eigenvalue weighted by molar-refractivity contribution is 9.09. The zero-order valence-corrected chi connectivity index (χ0v) is 13.4. The Morgan fingerprint density at radius 3 is 2.53 bits per heavy atom. The van der Waals surface area contributed by atoms with Crippen LogP contribution in [-0.2, 0) is 6.42 Å². The van der Waals surface area contributed by atoms with Gasteiger partial charge in [-0.2, -0.15) is 0 Å². The van der Waals surface area contributed by atoms with Crippen molar-refractivity contribution in [3.63, 3.8) is 0 Å². The molecule has 0 aromatic heterocycles. The van der Waals surface area contributed by atoms with Crippen molar-refractivity contribution in [1.82, 2.24) is 0 Å². The van der Waals surface area contributed by atoms with Gasteiger partial charge in [-0.1, -0.05) is 51.3 Å². The van der Waals surface area contributed by atoms with Gasteiger partial charge in [0.05, 0.1) is 10.0 Å². The Balaban J connectivity index is 2.22. The average Bonchev–Trinajstić information content (AvgIpc) is 2.36. The van der Waals surface area contributed by atoms with E-state index in [1.54, 1.807) is 18.2 Å². The van der Waals surface area contributed by atoms with E-state index in [-0.39, 0.29) is 10.6 Å². The minimum atomic E-state index is -0.223. The summed E-state index contributed by atoms with van der Waals surface area (Å²) in [6.45, 7) is 1.97. The van der Waals surface area contributed by atoms with E-state index in [1.165, 1.54) is 6.07 Å². The fourth-order valence-corrected chi connectivity index (χ4v) is 3.12. The van der Waals surface area contributed by atoms with Crippen LogP contribution in [0.25, 0.3) is 0 Å². The van der Waals surface area contributed by atoms with Crippen LogP contribution < -0.4 is 0 Å². The second-order valence-electron chi connectivity index (χ2n) is 4.42. The monoisotopic (exact) mass is 360 g/mol. The van der Waals surface area contributed by atoms with Gasteiger partial charge in [0.2, 0.25) is 0 Å². The third-order valence-corrected chi connectivity index (χ3v) is 4.53. The van der Waals surface area contributed by atoms with E-state index in [1.807, 2.05) is 19.1 Å². The molecule has 0 N–H and O–H groups in total. The molecular weight excluding hydrogens is 350 g/mol. The first-order valence-corrected chi connectivity index (χ1v) is 7.48. The van der Waals surface area contributed by atoms with Crippen molar-refractivity contribution in [1.29, 1.82) is 0 Å². The fraction of sp³-hybridized carbons (Fsp3) is 0.200. The van der Waals surface area contributed by atoms with E-state index in [9.17, 15) is 4.39 Å². The summed E-state index contributed by atoms with van der Waals surface area (Å²) in [5.41, 5.74) is 3.06. The van der Waals surface area contributed by atoms with Gasteiger partial charge in [-0.3, -0.25) is 0 Å². The Morgan fingerprint density at radius 2 is 1.84 bits per heavy atom. The number of hydrogen-bond acceptors (Lipinski definition) is 0. The molecule has 0 fully saturated rings. The standard InChI is InChI=1S/C15H12BrCl2F/c1-9-2-4-11(19)8-12(9)13(16)6-10-3-5-14(17)15(18)7-10/h2-5,7-8,13H,6H2,1H3. The lowest BCUT2D eigenvalue weighted by Crippen LogP contribution is -1.99. The number of rotatable bonds is 3. The molecule has 4 heteroatoms. The van der Waals surface area contributed by atoms with Gasteiger partial charge >= 0.3 is 0 Å². The third-order valence-electron chi connectivity index (χ3n) is 2.98. The average molecular weight is 362 g/mol. The van der Waals surface area contributed by atoms with E-state index in [2.05, 4.69) is 15.9 Å². The number of aryl methyl sites for hydroxylation is 1. The van der Waals surface area contributed by atoms with Gasteiger partial charge in [0.15, 0.2) is 0 Å². The minimum absolute atomic E-state index is 0.0421. The van der Waals surface area contributed by atoms with Crippen LogP contribution in [0, 0.1) is 12.7 Å². The molecule has 0 aliphatic rings. The lowest BCUT2D eigenvalue weighted by Gasteiger charge is -2.14. The van der Waals surface area contributed by atoms with Crippen LogP contribution >= 0.6 is 39.1 Å². The van der Waals surface area contributed by atoms with Crippen molar-refractivity contribution in [3.05, 3.63) is 69.0 Å². The van der Waals surface area contributed by atoms with Crippen molar-refractivity contribution in [2.24, 2.45) is 0 Å². The molecule has 0 heterocycles. The maximum Gasteiger partial charge on any atom is 0.123 e. The van der Waals surface area contributed by atoms with Gasteiger partial charge in [-0.15, -0.1) is 0 Å². The number of alkyl halides is 1. The summed E-state index contributed by atoms with van der Waals surface area (Å²) in [4.78, 5) is 0.0421. The van der Waals surface area contributed by atoms with E-state index in [4.69, 9.17) is 23.2 Å². The Labute approximate surface area is 130 Å². The van der Waals surface area contributed by atoms with Crippen molar-refractivity contribution >= 4 is 39.1 Å². The summed E-state index contributed by atoms with van der Waals surface area (Å²) in [5, 5.41) is 1.08. The first kappa shape index (κ1) is 14.8. The van der Waals surface area contributed by atoms with Gasteiger partial charge in [0, 0.05) is 4.83 Å². The number of hydrogen-bond donors (Lipinski definition) is 0. The molecule has 19 heavy (non-hydrogen) atoms. The molecule has 2 rings (SSSR count). The molecular formula is C15H12BrCl2F. The molecule has 0 spiro atoms. The molecule has 0 saturated heterocycles. The predicted octanol–water partition coefficient (Wildman–Crippen LogP) is 6.12. The van der Waals surface area contributed by atoms with Crippen LogP contribution in [0.2, 0.25) is 10.0 Å². The summed E-state index contributed by atoms with van der Waals surface area (Å²) in [5.74, 6) is -0.223. The van der Waals surface area contributed by atoms with Crippen molar-refractivity contribution in [3.8, 4) is 0 Å². The van der Waals surface area contributed by atoms with Crippen molar-refractivity contribution in [2.45, 2.75) is 18.2 Å². The molecule has 0 saturated carbocycles. The third kappa shape index (κ3) is 3.71. The van der Waals surface area contributed by atoms with E-state index < -0.39 is 0 Å². The molecule has 1 unspecified atom stereocenters. The Kier molecular flexibility index (Phi) is 4.88. The molecule has 2 aromatic carbocycles. The predicted molar refractivity (Wildman–Crippen MR) is 83.0 cm³/mol. The van der Waals surface area contributed by atoms with Crippen LogP contribution in [0.4, 0.5) is 4.39 Å². The second-order valence-corrected chi connectivity index (χ2v) is 6.34. The maximum absolute atomic E-state index is 13.3. The Bertz CT molecular complexity index is 599. The summed E-state index contributed by atoms with van der Waals surface area (Å²) in [6, 6.07) is 10.4. The van der Waals surface area contributed by atoms with Gasteiger partial charge in [-0.25, -0.2) is 4.39 Å². The fourth-order valence-electron chi connectivity index (χ4n) is 1.93. The zero-order chi connectivity index (χ0) is 14.0. The van der Waals surface area contributed by atoms with Crippen LogP contribution in [0.15, 0.2) is 36.4 Å². The van der Waals surface area contributed by atoms with Crippen molar-refractivity contribution < 1.29 is 4.39 Å². The van der Waals surface area contributed by atoms with Crippen LogP contribution in [0.3, 0.4) is 0 Å². The summed E-state index contributed by atoms with van der Waals surface area (Å²) in [7, 11) is 0. The molecule has 0 bridgehead atoms. The van der Waals surface area contributed by atoms with Crippen LogP contribution in [0.1, 0.15) is 21.5 Å². The Morgan fingerprint density at radius 1 is 1.11 bits per heavy atom. The van der Waals surface area contributed by atoms with Crippen LogP contribution in [0.5, 0.6) is 0 Å². The molecule has 0 amide bonds. The van der Waals surface area contributed by atoms with E-state index in [0.717, 1.165) is 23.1 Å². The topological polar surface area (TPSA) is 0 Å². The first-order chi connectivity index (χ1) is 8.97. The van der Waals surface area contributed by atoms with Crippen LogP contribution in [-0.4, -0.2) is 0 Å². The largest absolute Gasteiger partial charge is 0.207 e. The van der Waals surface area contributed by atoms with Gasteiger partial charge in [-0.05, 0) is 54.3 Å². The van der Waals surface area contributed by atoms with Gasteiger partial charge in [0.1, 0.15) is 5.82 Å². The highest BCUT2D eigenvalue weighted by Crippen LogP contribution is 2.32. The molecule has 100 valence electrons. The summed E-state index contributed by atoms with van der Waals surface area (Å²) in [6.07, 6.45) is 0.723. The molecule has 0 nitrogen and oxygen atoms in total. The molecule has 1 atom stereocenters. The van der Waals surface area contributed by atoms with E-state index in [0.29, 0.717) is 10.0 Å². The lowest BCUT2D eigenvalue weighted by molar-refractivity contribution is 0.624. The second kappa shape index (κ2) is 6.25. The normalized spacial score (nSPS) is 12.5. The quantitative estimate of drug-likeness (QED) is 0.577. The minimum Gasteiger partial charge on any atom is -0.207 e. The van der Waals surface area contributed by atoms with E-state index >= 15 is 0 Å². The number of halogens is 4. The van der Waals surface area contributed by atoms with Gasteiger partial charge < -0.3 is 0 Å². The molecule has 0 radical (unpaired) electrons. The molecule has 0 aliphatic carbocycles.